The Morgan fingerprint density at radius 3 is 2.81 bits per heavy atom. The molecule has 2 aromatic rings. The van der Waals surface area contributed by atoms with E-state index in [-0.39, 0.29) is 5.91 Å². The van der Waals surface area contributed by atoms with E-state index in [1.54, 1.807) is 29.9 Å². The van der Waals surface area contributed by atoms with Gasteiger partial charge in [-0.25, -0.2) is 0 Å². The molecule has 8 heteroatoms. The first kappa shape index (κ1) is 18.3. The summed E-state index contributed by atoms with van der Waals surface area (Å²) in [4.78, 5) is 19.7. The summed E-state index contributed by atoms with van der Waals surface area (Å²) in [6.07, 6.45) is 1.39. The summed E-state index contributed by atoms with van der Waals surface area (Å²) in [6, 6.07) is 7.51. The van der Waals surface area contributed by atoms with E-state index in [1.807, 2.05) is 31.2 Å². The van der Waals surface area contributed by atoms with E-state index < -0.39 is 6.10 Å². The lowest BCUT2D eigenvalue weighted by molar-refractivity contribution is -0.141. The molecule has 0 radical (unpaired) electrons. The fraction of sp³-hybridized carbons (Fsp3) is 0.389. The number of aromatic nitrogens is 2. The number of rotatable bonds is 6. The second-order valence-electron chi connectivity index (χ2n) is 6.01. The van der Waals surface area contributed by atoms with Crippen LogP contribution < -0.4 is 4.74 Å². The maximum absolute atomic E-state index is 12.7. The van der Waals surface area contributed by atoms with Crippen LogP contribution in [0.5, 0.6) is 5.75 Å². The van der Waals surface area contributed by atoms with Gasteiger partial charge in [0.15, 0.2) is 0 Å². The Morgan fingerprint density at radius 1 is 1.42 bits per heavy atom. The molecule has 3 rings (SSSR count). The minimum atomic E-state index is -0.631. The van der Waals surface area contributed by atoms with Crippen molar-refractivity contribution in [2.24, 2.45) is 5.16 Å². The van der Waals surface area contributed by atoms with Crippen molar-refractivity contribution in [1.82, 2.24) is 14.7 Å². The second kappa shape index (κ2) is 7.78. The third-order valence-corrected chi connectivity index (χ3v) is 4.64. The van der Waals surface area contributed by atoms with Crippen molar-refractivity contribution in [1.29, 1.82) is 0 Å². The highest BCUT2D eigenvalue weighted by molar-refractivity contribution is 6.31. The Balaban J connectivity index is 1.63. The van der Waals surface area contributed by atoms with Crippen LogP contribution in [0.2, 0.25) is 5.02 Å². The number of hydrogen-bond acceptors (Lipinski definition) is 5. The van der Waals surface area contributed by atoms with E-state index in [9.17, 15) is 4.79 Å². The van der Waals surface area contributed by atoms with Crippen molar-refractivity contribution in [2.75, 3.05) is 14.2 Å². The largest absolute Gasteiger partial charge is 0.497 e. The number of hydrogen-bond donors (Lipinski definition) is 0. The van der Waals surface area contributed by atoms with Crippen molar-refractivity contribution in [3.63, 3.8) is 0 Å². The van der Waals surface area contributed by atoms with Crippen LogP contribution in [-0.2, 0) is 22.7 Å². The van der Waals surface area contributed by atoms with E-state index in [2.05, 4.69) is 10.3 Å². The summed E-state index contributed by atoms with van der Waals surface area (Å²) < 4.78 is 6.93. The van der Waals surface area contributed by atoms with Crippen molar-refractivity contribution < 1.29 is 14.4 Å². The molecule has 1 amide bonds. The maximum Gasteiger partial charge on any atom is 0.267 e. The van der Waals surface area contributed by atoms with Crippen LogP contribution in [0.15, 0.2) is 35.6 Å². The second-order valence-corrected chi connectivity index (χ2v) is 6.42. The van der Waals surface area contributed by atoms with Gasteiger partial charge in [-0.2, -0.15) is 5.10 Å². The number of ether oxygens (including phenoxy) is 1. The molecule has 0 spiro atoms. The van der Waals surface area contributed by atoms with Crippen molar-refractivity contribution in [3.8, 4) is 5.75 Å². The molecular formula is C18H21ClN4O3. The molecule has 0 saturated carbocycles. The molecule has 26 heavy (non-hydrogen) atoms. The highest BCUT2D eigenvalue weighted by Crippen LogP contribution is 2.22. The summed E-state index contributed by atoms with van der Waals surface area (Å²) in [5, 5.41) is 8.82. The zero-order valence-electron chi connectivity index (χ0n) is 15.0. The summed E-state index contributed by atoms with van der Waals surface area (Å²) in [5.74, 6) is 0.627. The van der Waals surface area contributed by atoms with Gasteiger partial charge in [0.05, 0.1) is 36.3 Å². The Bertz CT molecular complexity index is 816. The number of oxime groups is 1. The average Bonchev–Trinajstić information content (AvgIpc) is 3.29. The van der Waals surface area contributed by atoms with Crippen LogP contribution >= 0.6 is 11.6 Å². The molecule has 7 nitrogen and oxygen atoms in total. The van der Waals surface area contributed by atoms with Gasteiger partial charge >= 0.3 is 0 Å². The highest BCUT2D eigenvalue weighted by Gasteiger charge is 2.31. The van der Waals surface area contributed by atoms with E-state index in [1.165, 1.54) is 0 Å². The highest BCUT2D eigenvalue weighted by atomic mass is 35.5. The molecule has 2 heterocycles. The Kier molecular flexibility index (Phi) is 5.46. The van der Waals surface area contributed by atoms with Gasteiger partial charge in [0, 0.05) is 20.0 Å². The molecule has 1 aliphatic rings. The predicted molar refractivity (Wildman–Crippen MR) is 98.4 cm³/mol. The number of carbonyl (C=O) groups excluding carboxylic acids is 1. The number of aryl methyl sites for hydroxylation is 1. The third kappa shape index (κ3) is 3.67. The summed E-state index contributed by atoms with van der Waals surface area (Å²) in [6.45, 7) is 3.03. The molecule has 1 atom stereocenters. The van der Waals surface area contributed by atoms with Gasteiger partial charge < -0.3 is 14.5 Å². The fourth-order valence-electron chi connectivity index (χ4n) is 2.83. The average molecular weight is 377 g/mol. The monoisotopic (exact) mass is 376 g/mol. The normalized spacial score (nSPS) is 16.2. The van der Waals surface area contributed by atoms with Crippen LogP contribution in [0, 0.1) is 0 Å². The first-order valence-corrected chi connectivity index (χ1v) is 8.73. The van der Waals surface area contributed by atoms with E-state index in [4.69, 9.17) is 21.2 Å². The van der Waals surface area contributed by atoms with Crippen molar-refractivity contribution in [2.45, 2.75) is 32.5 Å². The Labute approximate surface area is 157 Å². The lowest BCUT2D eigenvalue weighted by Gasteiger charge is -2.20. The van der Waals surface area contributed by atoms with Gasteiger partial charge in [-0.15, -0.1) is 0 Å². The number of benzene rings is 1. The van der Waals surface area contributed by atoms with E-state index >= 15 is 0 Å². The lowest BCUT2D eigenvalue weighted by atomic mass is 10.0. The SMILES string of the molecule is CCn1ncc(Cl)c1CN(C)C(=O)C1CC(c2ccc(OC)cc2)=NO1. The zero-order valence-corrected chi connectivity index (χ0v) is 15.7. The first-order valence-electron chi connectivity index (χ1n) is 8.35. The molecule has 1 unspecified atom stereocenters. The van der Waals surface area contributed by atoms with Crippen molar-refractivity contribution >= 4 is 23.2 Å². The smallest absolute Gasteiger partial charge is 0.267 e. The number of likely N-dealkylation sites (N-methyl/N-ethyl adjacent to an activating group) is 1. The number of halogens is 1. The first-order chi connectivity index (χ1) is 12.5. The van der Waals surface area contributed by atoms with Crippen LogP contribution in [-0.4, -0.2) is 46.6 Å². The molecule has 0 N–H and O–H groups in total. The topological polar surface area (TPSA) is 69.0 Å². The molecule has 1 aromatic carbocycles. The molecule has 1 aliphatic heterocycles. The standard InChI is InChI=1S/C18H21ClN4O3/c1-4-23-16(14(19)10-20-23)11-22(2)18(24)17-9-15(21-26-17)12-5-7-13(25-3)8-6-12/h5-8,10,17H,4,9,11H2,1-3H3. The molecule has 0 aliphatic carbocycles. The summed E-state index contributed by atoms with van der Waals surface area (Å²) in [5.41, 5.74) is 2.46. The Hall–Kier alpha value is -2.54. The lowest BCUT2D eigenvalue weighted by Crippen LogP contribution is -2.36. The number of amides is 1. The molecule has 0 saturated heterocycles. The minimum Gasteiger partial charge on any atom is -0.497 e. The maximum atomic E-state index is 12.7. The molecule has 1 aromatic heterocycles. The van der Waals surface area contributed by atoms with Gasteiger partial charge in [-0.05, 0) is 36.8 Å². The number of nitrogens with zero attached hydrogens (tertiary/aromatic N) is 4. The fourth-order valence-corrected chi connectivity index (χ4v) is 3.03. The minimum absolute atomic E-state index is 0.141. The van der Waals surface area contributed by atoms with Crippen LogP contribution in [0.1, 0.15) is 24.6 Å². The van der Waals surface area contributed by atoms with Gasteiger partial charge in [0.1, 0.15) is 5.75 Å². The number of carbonyl (C=O) groups is 1. The van der Waals surface area contributed by atoms with Crippen molar-refractivity contribution in [3.05, 3.63) is 46.7 Å². The van der Waals surface area contributed by atoms with E-state index in [0.717, 1.165) is 22.7 Å². The van der Waals surface area contributed by atoms with Gasteiger partial charge in [-0.1, -0.05) is 16.8 Å². The van der Waals surface area contributed by atoms with E-state index in [0.29, 0.717) is 24.5 Å². The van der Waals surface area contributed by atoms with Gasteiger partial charge in [0.2, 0.25) is 6.10 Å². The van der Waals surface area contributed by atoms with Crippen LogP contribution in [0.3, 0.4) is 0 Å². The number of methoxy groups -OCH3 is 1. The molecule has 0 bridgehead atoms. The quantitative estimate of drug-likeness (QED) is 0.777. The summed E-state index contributed by atoms with van der Waals surface area (Å²) in [7, 11) is 3.34. The van der Waals surface area contributed by atoms with Crippen LogP contribution in [0.4, 0.5) is 0 Å². The predicted octanol–water partition coefficient (Wildman–Crippen LogP) is 2.72. The molecule has 138 valence electrons. The third-order valence-electron chi connectivity index (χ3n) is 4.33. The molecule has 0 fully saturated rings. The molecular weight excluding hydrogens is 356 g/mol. The Morgan fingerprint density at radius 2 is 2.15 bits per heavy atom. The van der Waals surface area contributed by atoms with Gasteiger partial charge in [0.25, 0.3) is 5.91 Å². The van der Waals surface area contributed by atoms with Gasteiger partial charge in [-0.3, -0.25) is 9.48 Å². The summed E-state index contributed by atoms with van der Waals surface area (Å²) >= 11 is 6.17. The zero-order chi connectivity index (χ0) is 18.7. The van der Waals surface area contributed by atoms with Crippen LogP contribution in [0.25, 0.3) is 0 Å².